The number of rotatable bonds is 4. The zero-order chi connectivity index (χ0) is 24.8. The number of likely N-dealkylation sites (tertiary alicyclic amines) is 1. The number of amides is 1. The first-order valence-corrected chi connectivity index (χ1v) is 12.3. The smallest absolute Gasteiger partial charge is 0.416 e. The number of halogens is 3. The lowest BCUT2D eigenvalue weighted by molar-refractivity contribution is -0.138. The van der Waals surface area contributed by atoms with Crippen LogP contribution in [0.1, 0.15) is 37.8 Å². The summed E-state index contributed by atoms with van der Waals surface area (Å²) in [6, 6.07) is 15.6. The van der Waals surface area contributed by atoms with Crippen molar-refractivity contribution in [3.8, 4) is 0 Å². The fourth-order valence-corrected chi connectivity index (χ4v) is 5.90. The van der Waals surface area contributed by atoms with E-state index in [1.165, 1.54) is 17.7 Å². The summed E-state index contributed by atoms with van der Waals surface area (Å²) >= 11 is 0. The molecule has 5 rings (SSSR count). The zero-order valence-electron chi connectivity index (χ0n) is 20.2. The first kappa shape index (κ1) is 24.0. The summed E-state index contributed by atoms with van der Waals surface area (Å²) in [5.74, 6) is 0. The number of carbonyl (C=O) groups excluding carboxylic acids is 1. The number of nitrogens with zero attached hydrogens (tertiary/aromatic N) is 3. The highest BCUT2D eigenvalue weighted by Gasteiger charge is 2.54. The minimum absolute atomic E-state index is 0.0265. The molecule has 2 heterocycles. The van der Waals surface area contributed by atoms with Crippen molar-refractivity contribution in [1.82, 2.24) is 9.80 Å². The van der Waals surface area contributed by atoms with Crippen LogP contribution in [-0.2, 0) is 17.5 Å². The maximum Gasteiger partial charge on any atom is 0.416 e. The van der Waals surface area contributed by atoms with Gasteiger partial charge >= 0.3 is 12.3 Å². The minimum Gasteiger partial charge on any atom is -0.446 e. The molecule has 1 aliphatic carbocycles. The molecule has 5 nitrogen and oxygen atoms in total. The molecule has 8 heteroatoms. The van der Waals surface area contributed by atoms with Gasteiger partial charge in [-0.1, -0.05) is 30.3 Å². The lowest BCUT2D eigenvalue weighted by atomic mass is 9.61. The number of benzene rings is 2. The fourth-order valence-electron chi connectivity index (χ4n) is 5.90. The average molecular weight is 488 g/mol. The van der Waals surface area contributed by atoms with Gasteiger partial charge < -0.3 is 14.5 Å². The summed E-state index contributed by atoms with van der Waals surface area (Å²) in [5.41, 5.74) is 1.69. The second-order valence-electron chi connectivity index (χ2n) is 10.6. The highest BCUT2D eigenvalue weighted by Crippen LogP contribution is 2.50. The molecule has 3 fully saturated rings. The molecule has 2 atom stereocenters. The van der Waals surface area contributed by atoms with Crippen molar-refractivity contribution >= 4 is 11.8 Å². The van der Waals surface area contributed by atoms with Crippen LogP contribution in [0.5, 0.6) is 0 Å². The number of anilines is 1. The Labute approximate surface area is 204 Å². The largest absolute Gasteiger partial charge is 0.446 e. The van der Waals surface area contributed by atoms with E-state index in [1.807, 2.05) is 19.9 Å². The molecule has 2 saturated heterocycles. The lowest BCUT2D eigenvalue weighted by Crippen LogP contribution is -2.64. The van der Waals surface area contributed by atoms with Crippen molar-refractivity contribution in [2.24, 2.45) is 5.41 Å². The highest BCUT2D eigenvalue weighted by atomic mass is 19.4. The molecule has 188 valence electrons. The summed E-state index contributed by atoms with van der Waals surface area (Å²) < 4.78 is 44.5. The SMILES string of the molecule is C[C@@H]1CN(c2ccc(C(F)(F)F)cc2)[C@@H](C)CN1C(=O)OC1CC2(C1)CN(Cc1ccccc1)C2. The molecule has 3 aliphatic rings. The van der Waals surface area contributed by atoms with Crippen LogP contribution in [0.3, 0.4) is 0 Å². The average Bonchev–Trinajstić information content (AvgIpc) is 2.77. The van der Waals surface area contributed by atoms with Crippen LogP contribution in [0.4, 0.5) is 23.7 Å². The van der Waals surface area contributed by atoms with Crippen molar-refractivity contribution in [1.29, 1.82) is 0 Å². The Morgan fingerprint density at radius 2 is 1.63 bits per heavy atom. The van der Waals surface area contributed by atoms with E-state index in [1.54, 1.807) is 4.90 Å². The summed E-state index contributed by atoms with van der Waals surface area (Å²) in [4.78, 5) is 19.2. The van der Waals surface area contributed by atoms with Gasteiger partial charge in [0.05, 0.1) is 5.56 Å². The molecule has 2 aromatic carbocycles. The van der Waals surface area contributed by atoms with Gasteiger partial charge in [-0.25, -0.2) is 4.79 Å². The minimum atomic E-state index is -4.35. The number of ether oxygens (including phenoxy) is 1. The molecular formula is C27H32F3N3O2. The predicted molar refractivity (Wildman–Crippen MR) is 128 cm³/mol. The van der Waals surface area contributed by atoms with Crippen LogP contribution >= 0.6 is 0 Å². The molecule has 1 saturated carbocycles. The van der Waals surface area contributed by atoms with Gasteiger partial charge in [0.1, 0.15) is 6.10 Å². The van der Waals surface area contributed by atoms with Gasteiger partial charge in [0.15, 0.2) is 0 Å². The third-order valence-electron chi connectivity index (χ3n) is 7.70. The van der Waals surface area contributed by atoms with Gasteiger partial charge in [0, 0.05) is 55.9 Å². The number of hydrogen-bond acceptors (Lipinski definition) is 4. The van der Waals surface area contributed by atoms with Crippen LogP contribution in [0.15, 0.2) is 54.6 Å². The first-order chi connectivity index (χ1) is 16.6. The molecule has 0 radical (unpaired) electrons. The van der Waals surface area contributed by atoms with E-state index in [2.05, 4.69) is 34.1 Å². The molecule has 2 aliphatic heterocycles. The topological polar surface area (TPSA) is 36.0 Å². The summed E-state index contributed by atoms with van der Waals surface area (Å²) in [6.45, 7) is 8.03. The molecule has 35 heavy (non-hydrogen) atoms. The van der Waals surface area contributed by atoms with Gasteiger partial charge in [0.2, 0.25) is 0 Å². The third-order valence-corrected chi connectivity index (χ3v) is 7.70. The highest BCUT2D eigenvalue weighted by molar-refractivity contribution is 5.69. The summed E-state index contributed by atoms with van der Waals surface area (Å²) in [6.07, 6.45) is -2.83. The van der Waals surface area contributed by atoms with E-state index in [4.69, 9.17) is 4.74 Å². The van der Waals surface area contributed by atoms with Crippen molar-refractivity contribution in [2.75, 3.05) is 31.1 Å². The van der Waals surface area contributed by atoms with Crippen molar-refractivity contribution < 1.29 is 22.7 Å². The predicted octanol–water partition coefficient (Wildman–Crippen LogP) is 5.41. The lowest BCUT2D eigenvalue weighted by Gasteiger charge is -2.58. The summed E-state index contributed by atoms with van der Waals surface area (Å²) in [7, 11) is 0. The maximum atomic E-state index is 12.9. The van der Waals surface area contributed by atoms with Crippen LogP contribution in [-0.4, -0.2) is 60.3 Å². The summed E-state index contributed by atoms with van der Waals surface area (Å²) in [5, 5.41) is 0. The second-order valence-corrected chi connectivity index (χ2v) is 10.6. The maximum absolute atomic E-state index is 12.9. The number of piperazine rings is 1. The third kappa shape index (κ3) is 4.99. The molecule has 0 bridgehead atoms. The van der Waals surface area contributed by atoms with Crippen LogP contribution in [0, 0.1) is 5.41 Å². The quantitative estimate of drug-likeness (QED) is 0.578. The Balaban J connectivity index is 1.09. The standard InChI is InChI=1S/C27H32F3N3O2/c1-19-15-33(20(2)14-32(19)23-10-8-22(9-11-23)27(28,29)30)25(34)35-24-12-26(13-24)17-31(18-26)16-21-6-4-3-5-7-21/h3-11,19-20,24H,12-18H2,1-2H3/t19-,20+/m0/s1. The van der Waals surface area contributed by atoms with E-state index in [0.29, 0.717) is 18.5 Å². The van der Waals surface area contributed by atoms with E-state index in [9.17, 15) is 18.0 Å². The first-order valence-electron chi connectivity index (χ1n) is 12.3. The van der Waals surface area contributed by atoms with Gasteiger partial charge in [-0.15, -0.1) is 0 Å². The van der Waals surface area contributed by atoms with Gasteiger partial charge in [-0.3, -0.25) is 4.90 Å². The van der Waals surface area contributed by atoms with Crippen molar-refractivity contribution in [3.05, 3.63) is 65.7 Å². The molecule has 2 aromatic rings. The molecule has 0 unspecified atom stereocenters. The van der Waals surface area contributed by atoms with Crippen LogP contribution < -0.4 is 4.90 Å². The van der Waals surface area contributed by atoms with Crippen LogP contribution in [0.25, 0.3) is 0 Å². The van der Waals surface area contributed by atoms with Gasteiger partial charge in [-0.2, -0.15) is 13.2 Å². The Bertz CT molecular complexity index is 1030. The van der Waals surface area contributed by atoms with Crippen molar-refractivity contribution in [3.63, 3.8) is 0 Å². The van der Waals surface area contributed by atoms with Crippen LogP contribution in [0.2, 0.25) is 0 Å². The molecule has 1 spiro atoms. The Kier molecular flexibility index (Phi) is 6.20. The normalized spacial score (nSPS) is 24.7. The fraction of sp³-hybridized carbons (Fsp3) is 0.519. The van der Waals surface area contributed by atoms with Gasteiger partial charge in [0.25, 0.3) is 0 Å². The Morgan fingerprint density at radius 1 is 0.971 bits per heavy atom. The zero-order valence-corrected chi connectivity index (χ0v) is 20.2. The Morgan fingerprint density at radius 3 is 2.26 bits per heavy atom. The molecule has 0 aromatic heterocycles. The molecular weight excluding hydrogens is 455 g/mol. The number of hydrogen-bond donors (Lipinski definition) is 0. The van der Waals surface area contributed by atoms with Gasteiger partial charge in [-0.05, 0) is 56.5 Å². The monoisotopic (exact) mass is 487 g/mol. The Hall–Kier alpha value is -2.74. The van der Waals surface area contributed by atoms with E-state index in [0.717, 1.165) is 50.3 Å². The molecule has 1 amide bonds. The number of carbonyl (C=O) groups is 1. The number of alkyl halides is 3. The van der Waals surface area contributed by atoms with E-state index < -0.39 is 11.7 Å². The van der Waals surface area contributed by atoms with Crippen molar-refractivity contribution in [2.45, 2.75) is 57.6 Å². The second kappa shape index (κ2) is 9.04. The molecule has 0 N–H and O–H groups in total. The van der Waals surface area contributed by atoms with E-state index >= 15 is 0 Å². The van der Waals surface area contributed by atoms with E-state index in [-0.39, 0.29) is 24.3 Å².